The Morgan fingerprint density at radius 3 is 2.57 bits per heavy atom. The molecule has 4 nitrogen and oxygen atoms in total. The second-order valence-corrected chi connectivity index (χ2v) is 8.89. The summed E-state index contributed by atoms with van der Waals surface area (Å²) in [6, 6.07) is 10.1. The Labute approximate surface area is 175 Å². The molecule has 3 aromatic rings. The van der Waals surface area contributed by atoms with E-state index in [9.17, 15) is 4.79 Å². The highest BCUT2D eigenvalue weighted by molar-refractivity contribution is 7.22. The Hall–Kier alpha value is -1.95. The van der Waals surface area contributed by atoms with Gasteiger partial charge in [0.1, 0.15) is 0 Å². The number of halogens is 1. The Balaban J connectivity index is 1.95. The van der Waals surface area contributed by atoms with Gasteiger partial charge in [-0.3, -0.25) is 9.69 Å². The molecule has 0 spiro atoms. The van der Waals surface area contributed by atoms with Crippen LogP contribution in [0.15, 0.2) is 30.3 Å². The van der Waals surface area contributed by atoms with Crippen molar-refractivity contribution in [1.82, 2.24) is 9.88 Å². The number of hydrogen-bond acceptors (Lipinski definition) is 4. The first-order valence-electron chi connectivity index (χ1n) is 9.33. The Morgan fingerprint density at radius 1 is 1.11 bits per heavy atom. The number of rotatable bonds is 6. The van der Waals surface area contributed by atoms with Gasteiger partial charge in [0.25, 0.3) is 0 Å². The Morgan fingerprint density at radius 2 is 1.86 bits per heavy atom. The largest absolute Gasteiger partial charge is 0.308 e. The summed E-state index contributed by atoms with van der Waals surface area (Å²) >= 11 is 7.80. The monoisotopic (exact) mass is 415 g/mol. The number of aryl methyl sites for hydroxylation is 3. The van der Waals surface area contributed by atoms with E-state index >= 15 is 0 Å². The van der Waals surface area contributed by atoms with Crippen LogP contribution in [0.2, 0.25) is 5.02 Å². The lowest BCUT2D eigenvalue weighted by molar-refractivity contribution is -0.118. The first-order valence-corrected chi connectivity index (χ1v) is 10.5. The number of anilines is 1. The number of likely N-dealkylation sites (N-methyl/N-ethyl adjacent to an activating group) is 1. The molecule has 0 saturated heterocycles. The molecule has 1 amide bonds. The quantitative estimate of drug-likeness (QED) is 0.567. The summed E-state index contributed by atoms with van der Waals surface area (Å²) in [5, 5.41) is 1.43. The molecule has 2 aromatic carbocycles. The first kappa shape index (κ1) is 20.8. The second-order valence-electron chi connectivity index (χ2n) is 7.47. The lowest BCUT2D eigenvalue weighted by Crippen LogP contribution is -2.37. The van der Waals surface area contributed by atoms with Crippen molar-refractivity contribution in [3.63, 3.8) is 0 Å². The van der Waals surface area contributed by atoms with Crippen molar-refractivity contribution in [2.45, 2.75) is 27.2 Å². The lowest BCUT2D eigenvalue weighted by Gasteiger charge is -2.22. The molecule has 0 aliphatic heterocycles. The highest BCUT2D eigenvalue weighted by Gasteiger charge is 2.21. The van der Waals surface area contributed by atoms with Crippen molar-refractivity contribution < 1.29 is 4.79 Å². The van der Waals surface area contributed by atoms with Crippen LogP contribution in [-0.2, 0) is 11.2 Å². The lowest BCUT2D eigenvalue weighted by atomic mass is 10.0. The molecule has 0 atom stereocenters. The molecule has 0 N–H and O–H groups in total. The van der Waals surface area contributed by atoms with Crippen LogP contribution in [0, 0.1) is 20.8 Å². The molecular formula is C22H26ClN3OS. The van der Waals surface area contributed by atoms with Crippen LogP contribution in [0.4, 0.5) is 5.13 Å². The van der Waals surface area contributed by atoms with Crippen LogP contribution in [-0.4, -0.2) is 43.0 Å². The zero-order valence-electron chi connectivity index (χ0n) is 17.0. The van der Waals surface area contributed by atoms with Crippen LogP contribution in [0.25, 0.3) is 10.2 Å². The van der Waals surface area contributed by atoms with E-state index in [4.69, 9.17) is 16.6 Å². The number of benzene rings is 2. The molecule has 0 radical (unpaired) electrons. The Bertz CT molecular complexity index is 1010. The number of amides is 1. The summed E-state index contributed by atoms with van der Waals surface area (Å²) in [5.74, 6) is 0.0679. The number of aromatic nitrogens is 1. The maximum atomic E-state index is 13.3. The van der Waals surface area contributed by atoms with E-state index in [0.717, 1.165) is 38.6 Å². The van der Waals surface area contributed by atoms with Crippen molar-refractivity contribution in [2.75, 3.05) is 32.1 Å². The number of fused-ring (bicyclic) bond motifs is 1. The third kappa shape index (κ3) is 4.54. The molecule has 3 rings (SSSR count). The normalized spacial score (nSPS) is 11.4. The fourth-order valence-corrected chi connectivity index (χ4v) is 4.30. The van der Waals surface area contributed by atoms with Crippen LogP contribution >= 0.6 is 22.9 Å². The molecule has 28 heavy (non-hydrogen) atoms. The fraction of sp³-hybridized carbons (Fsp3) is 0.364. The highest BCUT2D eigenvalue weighted by atomic mass is 35.5. The SMILES string of the molecule is Cc1ccc(C)c(CC(=O)N(CCN(C)C)c2nc3c(C)c(Cl)ccc3s2)c1. The molecule has 1 aromatic heterocycles. The van der Waals surface area contributed by atoms with Crippen LogP contribution in [0.3, 0.4) is 0 Å². The molecule has 0 bridgehead atoms. The van der Waals surface area contributed by atoms with Crippen molar-refractivity contribution in [3.05, 3.63) is 57.6 Å². The molecule has 0 saturated carbocycles. The van der Waals surface area contributed by atoms with Crippen molar-refractivity contribution >= 4 is 44.2 Å². The van der Waals surface area contributed by atoms with Gasteiger partial charge in [0.15, 0.2) is 5.13 Å². The van der Waals surface area contributed by atoms with Gasteiger partial charge in [0.2, 0.25) is 5.91 Å². The summed E-state index contributed by atoms with van der Waals surface area (Å²) in [6.07, 6.45) is 0.372. The summed E-state index contributed by atoms with van der Waals surface area (Å²) in [4.78, 5) is 21.9. The zero-order chi connectivity index (χ0) is 20.4. The minimum atomic E-state index is 0.0679. The fourth-order valence-electron chi connectivity index (χ4n) is 3.08. The minimum absolute atomic E-state index is 0.0679. The highest BCUT2D eigenvalue weighted by Crippen LogP contribution is 2.33. The maximum absolute atomic E-state index is 13.3. The van der Waals surface area contributed by atoms with Gasteiger partial charge in [-0.1, -0.05) is 46.7 Å². The summed E-state index contributed by atoms with van der Waals surface area (Å²) in [6.45, 7) is 7.44. The van der Waals surface area contributed by atoms with E-state index in [0.29, 0.717) is 18.0 Å². The third-order valence-corrected chi connectivity index (χ3v) is 6.34. The Kier molecular flexibility index (Phi) is 6.38. The molecule has 0 unspecified atom stereocenters. The maximum Gasteiger partial charge on any atom is 0.233 e. The predicted molar refractivity (Wildman–Crippen MR) is 120 cm³/mol. The van der Waals surface area contributed by atoms with Gasteiger partial charge >= 0.3 is 0 Å². The smallest absolute Gasteiger partial charge is 0.233 e. The van der Waals surface area contributed by atoms with Crippen molar-refractivity contribution in [3.8, 4) is 0 Å². The molecule has 0 aliphatic rings. The van der Waals surface area contributed by atoms with E-state index in [1.807, 2.05) is 38.1 Å². The topological polar surface area (TPSA) is 36.4 Å². The van der Waals surface area contributed by atoms with Crippen molar-refractivity contribution in [1.29, 1.82) is 0 Å². The summed E-state index contributed by atoms with van der Waals surface area (Å²) in [5.41, 5.74) is 5.20. The summed E-state index contributed by atoms with van der Waals surface area (Å²) in [7, 11) is 4.02. The second kappa shape index (κ2) is 8.60. The zero-order valence-corrected chi connectivity index (χ0v) is 18.6. The van der Waals surface area contributed by atoms with Gasteiger partial charge < -0.3 is 4.90 Å². The van der Waals surface area contributed by atoms with E-state index in [1.165, 1.54) is 5.56 Å². The van der Waals surface area contributed by atoms with E-state index < -0.39 is 0 Å². The number of thiazole rings is 1. The van der Waals surface area contributed by atoms with Gasteiger partial charge in [-0.25, -0.2) is 4.98 Å². The minimum Gasteiger partial charge on any atom is -0.308 e. The number of carbonyl (C=O) groups is 1. The molecular weight excluding hydrogens is 390 g/mol. The molecule has 0 aliphatic carbocycles. The number of carbonyl (C=O) groups excluding carboxylic acids is 1. The summed E-state index contributed by atoms with van der Waals surface area (Å²) < 4.78 is 1.05. The average molecular weight is 416 g/mol. The van der Waals surface area contributed by atoms with E-state index in [2.05, 4.69) is 36.9 Å². The van der Waals surface area contributed by atoms with E-state index in [1.54, 1.807) is 11.3 Å². The van der Waals surface area contributed by atoms with Gasteiger partial charge in [-0.05, 0) is 63.7 Å². The van der Waals surface area contributed by atoms with Gasteiger partial charge in [0, 0.05) is 18.1 Å². The third-order valence-electron chi connectivity index (χ3n) is 4.89. The first-order chi connectivity index (χ1) is 13.3. The molecule has 0 fully saturated rings. The molecule has 148 valence electrons. The van der Waals surface area contributed by atoms with Crippen LogP contribution < -0.4 is 4.90 Å². The average Bonchev–Trinajstić information content (AvgIpc) is 3.06. The van der Waals surface area contributed by atoms with Gasteiger partial charge in [0.05, 0.1) is 16.6 Å². The predicted octanol–water partition coefficient (Wildman–Crippen LogP) is 5.01. The van der Waals surface area contributed by atoms with Crippen LogP contribution in [0.5, 0.6) is 0 Å². The van der Waals surface area contributed by atoms with Gasteiger partial charge in [-0.2, -0.15) is 0 Å². The number of nitrogens with zero attached hydrogens (tertiary/aromatic N) is 3. The van der Waals surface area contributed by atoms with Crippen molar-refractivity contribution in [2.24, 2.45) is 0 Å². The molecule has 1 heterocycles. The molecule has 6 heteroatoms. The number of hydrogen-bond donors (Lipinski definition) is 0. The standard InChI is InChI=1S/C22H26ClN3OS/c1-14-6-7-15(2)17(12-14)13-20(27)26(11-10-25(4)5)22-24-21-16(3)18(23)8-9-19(21)28-22/h6-9,12H,10-11,13H2,1-5H3. The van der Waals surface area contributed by atoms with E-state index in [-0.39, 0.29) is 5.91 Å². The van der Waals surface area contributed by atoms with Gasteiger partial charge in [-0.15, -0.1) is 0 Å². The van der Waals surface area contributed by atoms with Crippen LogP contribution in [0.1, 0.15) is 22.3 Å².